The lowest BCUT2D eigenvalue weighted by molar-refractivity contribution is 0.461. The molecule has 86 valence electrons. The van der Waals surface area contributed by atoms with E-state index in [0.29, 0.717) is 12.0 Å². The van der Waals surface area contributed by atoms with Crippen LogP contribution < -0.4 is 5.32 Å². The summed E-state index contributed by atoms with van der Waals surface area (Å²) in [5, 5.41) is 12.3. The summed E-state index contributed by atoms with van der Waals surface area (Å²) in [6.07, 6.45) is 1.19. The van der Waals surface area contributed by atoms with E-state index in [1.807, 2.05) is 18.2 Å². The highest BCUT2D eigenvalue weighted by molar-refractivity contribution is 5.33. The van der Waals surface area contributed by atoms with E-state index in [9.17, 15) is 0 Å². The number of benzene rings is 1. The third kappa shape index (κ3) is 3.67. The zero-order valence-corrected chi connectivity index (χ0v) is 10.3. The van der Waals surface area contributed by atoms with Crippen LogP contribution in [0.15, 0.2) is 24.3 Å². The van der Waals surface area contributed by atoms with Gasteiger partial charge in [-0.2, -0.15) is 5.26 Å². The Morgan fingerprint density at radius 3 is 2.75 bits per heavy atom. The van der Waals surface area contributed by atoms with Gasteiger partial charge in [0.2, 0.25) is 0 Å². The predicted molar refractivity (Wildman–Crippen MR) is 67.0 cm³/mol. The van der Waals surface area contributed by atoms with E-state index in [-0.39, 0.29) is 0 Å². The maximum atomic E-state index is 8.83. The summed E-state index contributed by atoms with van der Waals surface area (Å²) in [6.45, 7) is 7.60. The molecule has 16 heavy (non-hydrogen) atoms. The second kappa shape index (κ2) is 6.30. The van der Waals surface area contributed by atoms with Crippen molar-refractivity contribution >= 4 is 0 Å². The summed E-state index contributed by atoms with van der Waals surface area (Å²) in [4.78, 5) is 0. The summed E-state index contributed by atoms with van der Waals surface area (Å²) in [5.74, 6) is 0.696. The van der Waals surface area contributed by atoms with Gasteiger partial charge in [0.05, 0.1) is 11.6 Å². The van der Waals surface area contributed by atoms with Gasteiger partial charge in [0.1, 0.15) is 0 Å². The summed E-state index contributed by atoms with van der Waals surface area (Å²) >= 11 is 0. The summed E-state index contributed by atoms with van der Waals surface area (Å²) in [7, 11) is 0. The van der Waals surface area contributed by atoms with E-state index in [1.165, 1.54) is 12.0 Å². The Bertz CT molecular complexity index is 365. The molecule has 1 aromatic rings. The fraction of sp³-hybridized carbons (Fsp3) is 0.500. The Morgan fingerprint density at radius 2 is 2.12 bits per heavy atom. The Morgan fingerprint density at radius 1 is 1.38 bits per heavy atom. The first-order chi connectivity index (χ1) is 7.67. The quantitative estimate of drug-likeness (QED) is 0.820. The molecule has 2 nitrogen and oxygen atoms in total. The highest BCUT2D eigenvalue weighted by Gasteiger charge is 2.06. The maximum absolute atomic E-state index is 8.83. The van der Waals surface area contributed by atoms with Crippen LogP contribution in [0.1, 0.15) is 44.4 Å². The fourth-order valence-corrected chi connectivity index (χ4v) is 1.52. The molecule has 0 aliphatic rings. The van der Waals surface area contributed by atoms with E-state index in [4.69, 9.17) is 5.26 Å². The number of nitrogens with zero attached hydrogens (tertiary/aromatic N) is 1. The van der Waals surface area contributed by atoms with Crippen LogP contribution in [0.25, 0.3) is 0 Å². The molecule has 0 saturated heterocycles. The molecule has 1 N–H and O–H groups in total. The van der Waals surface area contributed by atoms with Crippen LogP contribution in [0, 0.1) is 17.2 Å². The minimum Gasteiger partial charge on any atom is -0.310 e. The van der Waals surface area contributed by atoms with E-state index in [2.05, 4.69) is 38.2 Å². The van der Waals surface area contributed by atoms with E-state index in [0.717, 1.165) is 12.1 Å². The van der Waals surface area contributed by atoms with Crippen molar-refractivity contribution < 1.29 is 0 Å². The molecule has 0 aliphatic heterocycles. The fourth-order valence-electron chi connectivity index (χ4n) is 1.52. The normalized spacial score (nSPS) is 14.1. The summed E-state index contributed by atoms with van der Waals surface area (Å²) < 4.78 is 0. The summed E-state index contributed by atoms with van der Waals surface area (Å²) in [6, 6.07) is 10.3. The van der Waals surface area contributed by atoms with Gasteiger partial charge in [0, 0.05) is 6.04 Å². The molecule has 1 aromatic carbocycles. The second-order valence-corrected chi connectivity index (χ2v) is 4.38. The Kier molecular flexibility index (Phi) is 5.01. The molecule has 0 saturated carbocycles. The van der Waals surface area contributed by atoms with Crippen LogP contribution in [0.4, 0.5) is 0 Å². The van der Waals surface area contributed by atoms with Gasteiger partial charge in [-0.25, -0.2) is 0 Å². The molecule has 2 unspecified atom stereocenters. The number of nitrogens with one attached hydrogen (secondary N) is 1. The first-order valence-electron chi connectivity index (χ1n) is 5.90. The van der Waals surface area contributed by atoms with Crippen LogP contribution in [-0.4, -0.2) is 6.54 Å². The molecule has 0 bridgehead atoms. The molecule has 0 heterocycles. The topological polar surface area (TPSA) is 35.8 Å². The highest BCUT2D eigenvalue weighted by atomic mass is 14.9. The zero-order valence-electron chi connectivity index (χ0n) is 10.3. The van der Waals surface area contributed by atoms with Crippen molar-refractivity contribution in [1.82, 2.24) is 5.32 Å². The minimum absolute atomic E-state index is 0.308. The minimum atomic E-state index is 0.308. The third-order valence-corrected chi connectivity index (χ3v) is 2.99. The van der Waals surface area contributed by atoms with E-state index in [1.54, 1.807) is 0 Å². The van der Waals surface area contributed by atoms with Crippen LogP contribution in [0.3, 0.4) is 0 Å². The predicted octanol–water partition coefficient (Wildman–Crippen LogP) is 3.25. The first-order valence-corrected chi connectivity index (χ1v) is 5.90. The van der Waals surface area contributed by atoms with Gasteiger partial charge in [0.25, 0.3) is 0 Å². The van der Waals surface area contributed by atoms with Gasteiger partial charge in [-0.1, -0.05) is 32.4 Å². The van der Waals surface area contributed by atoms with E-state index < -0.39 is 0 Å². The lowest BCUT2D eigenvalue weighted by Gasteiger charge is -2.17. The van der Waals surface area contributed by atoms with Crippen LogP contribution >= 0.6 is 0 Å². The molecule has 0 aromatic heterocycles. The monoisotopic (exact) mass is 216 g/mol. The maximum Gasteiger partial charge on any atom is 0.0991 e. The Labute approximate surface area is 98.3 Å². The van der Waals surface area contributed by atoms with Crippen molar-refractivity contribution in [2.24, 2.45) is 5.92 Å². The van der Waals surface area contributed by atoms with Gasteiger partial charge >= 0.3 is 0 Å². The number of nitriles is 1. The van der Waals surface area contributed by atoms with Crippen molar-refractivity contribution in [3.63, 3.8) is 0 Å². The molecule has 0 spiro atoms. The third-order valence-electron chi connectivity index (χ3n) is 2.99. The van der Waals surface area contributed by atoms with Gasteiger partial charge in [-0.05, 0) is 37.1 Å². The lowest BCUT2D eigenvalue weighted by atomic mass is 10.0. The van der Waals surface area contributed by atoms with Crippen molar-refractivity contribution in [3.05, 3.63) is 35.4 Å². The number of hydrogen-bond donors (Lipinski definition) is 1. The van der Waals surface area contributed by atoms with Gasteiger partial charge in [0.15, 0.2) is 0 Å². The van der Waals surface area contributed by atoms with Crippen LogP contribution in [0.2, 0.25) is 0 Å². The van der Waals surface area contributed by atoms with Crippen molar-refractivity contribution in [1.29, 1.82) is 5.26 Å². The Balaban J connectivity index is 2.59. The van der Waals surface area contributed by atoms with Gasteiger partial charge in [-0.15, -0.1) is 0 Å². The van der Waals surface area contributed by atoms with Crippen molar-refractivity contribution in [2.75, 3.05) is 6.54 Å². The van der Waals surface area contributed by atoms with Crippen molar-refractivity contribution in [2.45, 2.75) is 33.2 Å². The lowest BCUT2D eigenvalue weighted by Crippen LogP contribution is -2.24. The smallest absolute Gasteiger partial charge is 0.0991 e. The van der Waals surface area contributed by atoms with E-state index >= 15 is 0 Å². The first kappa shape index (κ1) is 12.7. The molecule has 0 aliphatic carbocycles. The largest absolute Gasteiger partial charge is 0.310 e. The van der Waals surface area contributed by atoms with Crippen LogP contribution in [-0.2, 0) is 0 Å². The highest BCUT2D eigenvalue weighted by Crippen LogP contribution is 2.14. The molecule has 2 heteroatoms. The Hall–Kier alpha value is -1.33. The average molecular weight is 216 g/mol. The zero-order chi connectivity index (χ0) is 12.0. The molecule has 0 amide bonds. The molecule has 1 rings (SSSR count). The SMILES string of the molecule is CCC(C)CNC(C)c1cccc(C#N)c1. The molecular weight excluding hydrogens is 196 g/mol. The molecular formula is C14H20N2. The molecule has 0 fully saturated rings. The standard InChI is InChI=1S/C14H20N2/c1-4-11(2)10-16-12(3)14-7-5-6-13(8-14)9-15/h5-8,11-12,16H,4,10H2,1-3H3. The van der Waals surface area contributed by atoms with Gasteiger partial charge < -0.3 is 5.32 Å². The van der Waals surface area contributed by atoms with Gasteiger partial charge in [-0.3, -0.25) is 0 Å². The number of rotatable bonds is 5. The van der Waals surface area contributed by atoms with Crippen molar-refractivity contribution in [3.8, 4) is 6.07 Å². The number of hydrogen-bond acceptors (Lipinski definition) is 2. The van der Waals surface area contributed by atoms with Crippen LogP contribution in [0.5, 0.6) is 0 Å². The average Bonchev–Trinajstić information content (AvgIpc) is 2.35. The molecule has 2 atom stereocenters. The second-order valence-electron chi connectivity index (χ2n) is 4.38. The molecule has 0 radical (unpaired) electrons. The summed E-state index contributed by atoms with van der Waals surface area (Å²) in [5.41, 5.74) is 1.91.